The summed E-state index contributed by atoms with van der Waals surface area (Å²) in [5.74, 6) is 0.113. The van der Waals surface area contributed by atoms with E-state index in [0.717, 1.165) is 6.20 Å². The molecule has 0 spiro atoms. The van der Waals surface area contributed by atoms with Gasteiger partial charge in [0.05, 0.1) is 28.2 Å². The van der Waals surface area contributed by atoms with Crippen LogP contribution in [0, 0.1) is 18.3 Å². The average Bonchev–Trinajstić information content (AvgIpc) is 3.31. The fourth-order valence-electron chi connectivity index (χ4n) is 4.05. The van der Waals surface area contributed by atoms with Crippen LogP contribution in [0.4, 0.5) is 13.2 Å². The molecule has 30 heavy (non-hydrogen) atoms. The molecule has 2 aromatic carbocycles. The zero-order valence-electron chi connectivity index (χ0n) is 16.6. The first-order chi connectivity index (χ1) is 14.1. The Morgan fingerprint density at radius 1 is 1.23 bits per heavy atom. The van der Waals surface area contributed by atoms with Crippen LogP contribution in [0.15, 0.2) is 30.5 Å². The topological polar surface area (TPSA) is 88.5 Å². The van der Waals surface area contributed by atoms with Crippen molar-refractivity contribution in [3.05, 3.63) is 64.1 Å². The minimum absolute atomic E-state index is 0.0532. The molecule has 154 valence electrons. The second-order valence-electron chi connectivity index (χ2n) is 7.53. The Morgan fingerprint density at radius 2 is 1.97 bits per heavy atom. The molecular formula is C22H19F3N4O. The van der Waals surface area contributed by atoms with Gasteiger partial charge in [-0.2, -0.15) is 18.4 Å². The van der Waals surface area contributed by atoms with E-state index in [1.54, 1.807) is 31.2 Å². The number of halogens is 3. The van der Waals surface area contributed by atoms with Crippen LogP contribution < -0.4 is 0 Å². The number of alkyl halides is 3. The maximum absolute atomic E-state index is 13.8. The van der Waals surface area contributed by atoms with Crippen LogP contribution in [-0.2, 0) is 18.2 Å². The van der Waals surface area contributed by atoms with E-state index in [9.17, 15) is 18.3 Å². The average molecular weight is 412 g/mol. The van der Waals surface area contributed by atoms with Gasteiger partial charge in [0, 0.05) is 22.7 Å². The second kappa shape index (κ2) is 6.61. The summed E-state index contributed by atoms with van der Waals surface area (Å²) in [6, 6.07) is 8.63. The van der Waals surface area contributed by atoms with E-state index in [1.165, 1.54) is 6.92 Å². The molecule has 0 saturated heterocycles. The Labute approximate surface area is 170 Å². The van der Waals surface area contributed by atoms with Gasteiger partial charge in [0.2, 0.25) is 0 Å². The SMILES string of the molecule is CCc1cc(C)c2[nH]cc(C(F)(F)F)c2c1C(C)(O)c1nc2ccc(C#N)cc2[nH]1. The molecule has 2 aromatic heterocycles. The quantitative estimate of drug-likeness (QED) is 0.439. The highest BCUT2D eigenvalue weighted by atomic mass is 19.4. The molecule has 2 heterocycles. The number of rotatable bonds is 3. The Kier molecular flexibility index (Phi) is 4.40. The second-order valence-corrected chi connectivity index (χ2v) is 7.53. The summed E-state index contributed by atoms with van der Waals surface area (Å²) in [7, 11) is 0. The molecule has 1 unspecified atom stereocenters. The van der Waals surface area contributed by atoms with Crippen LogP contribution in [0.1, 0.15) is 47.5 Å². The molecule has 0 bridgehead atoms. The van der Waals surface area contributed by atoms with E-state index < -0.39 is 17.3 Å². The summed E-state index contributed by atoms with van der Waals surface area (Å²) in [5.41, 5.74) is 0.561. The number of nitrogens with one attached hydrogen (secondary N) is 2. The lowest BCUT2D eigenvalue weighted by atomic mass is 9.84. The molecule has 3 N–H and O–H groups in total. The summed E-state index contributed by atoms with van der Waals surface area (Å²) in [4.78, 5) is 10.1. The van der Waals surface area contributed by atoms with E-state index in [4.69, 9.17) is 5.26 Å². The number of imidazole rings is 1. The van der Waals surface area contributed by atoms with Crippen molar-refractivity contribution in [3.8, 4) is 6.07 Å². The Morgan fingerprint density at radius 3 is 2.60 bits per heavy atom. The monoisotopic (exact) mass is 412 g/mol. The molecule has 4 rings (SSSR count). The van der Waals surface area contributed by atoms with Gasteiger partial charge in [0.1, 0.15) is 11.4 Å². The number of aromatic nitrogens is 3. The van der Waals surface area contributed by atoms with Crippen molar-refractivity contribution in [2.45, 2.75) is 39.0 Å². The number of hydrogen-bond acceptors (Lipinski definition) is 3. The Hall–Kier alpha value is -3.31. The molecule has 0 aliphatic heterocycles. The number of aryl methyl sites for hydroxylation is 2. The molecule has 1 atom stereocenters. The zero-order valence-corrected chi connectivity index (χ0v) is 16.6. The first kappa shape index (κ1) is 20.0. The lowest BCUT2D eigenvalue weighted by Gasteiger charge is -2.27. The minimum Gasteiger partial charge on any atom is -0.377 e. The number of nitrogens with zero attached hydrogens (tertiary/aromatic N) is 2. The summed E-state index contributed by atoms with van der Waals surface area (Å²) in [6.07, 6.45) is -3.21. The van der Waals surface area contributed by atoms with Gasteiger partial charge in [0.25, 0.3) is 0 Å². The number of aromatic amines is 2. The van der Waals surface area contributed by atoms with Crippen molar-refractivity contribution in [2.75, 3.05) is 0 Å². The summed E-state index contributed by atoms with van der Waals surface area (Å²) < 4.78 is 41.4. The molecule has 4 aromatic rings. The van der Waals surface area contributed by atoms with Crippen LogP contribution in [0.3, 0.4) is 0 Å². The zero-order chi connectivity index (χ0) is 21.8. The highest BCUT2D eigenvalue weighted by Gasteiger charge is 2.40. The van der Waals surface area contributed by atoms with Gasteiger partial charge >= 0.3 is 6.18 Å². The van der Waals surface area contributed by atoms with Crippen molar-refractivity contribution < 1.29 is 18.3 Å². The predicted molar refractivity (Wildman–Crippen MR) is 107 cm³/mol. The summed E-state index contributed by atoms with van der Waals surface area (Å²) in [6.45, 7) is 5.01. The van der Waals surface area contributed by atoms with Crippen molar-refractivity contribution in [1.29, 1.82) is 5.26 Å². The lowest BCUT2D eigenvalue weighted by Crippen LogP contribution is -2.27. The van der Waals surface area contributed by atoms with Crippen molar-refractivity contribution in [2.24, 2.45) is 0 Å². The maximum atomic E-state index is 13.8. The number of nitriles is 1. The number of benzene rings is 2. The molecule has 8 heteroatoms. The van der Waals surface area contributed by atoms with Gasteiger partial charge < -0.3 is 15.1 Å². The normalized spacial score (nSPS) is 14.2. The predicted octanol–water partition coefficient (Wildman–Crippen LogP) is 5.06. The first-order valence-electron chi connectivity index (χ1n) is 9.41. The fraction of sp³-hybridized carbons (Fsp3) is 0.273. The Bertz CT molecular complexity index is 1320. The molecule has 0 aliphatic rings. The molecule has 0 fully saturated rings. The van der Waals surface area contributed by atoms with E-state index in [2.05, 4.69) is 15.0 Å². The van der Waals surface area contributed by atoms with Crippen molar-refractivity contribution in [3.63, 3.8) is 0 Å². The standard InChI is InChI=1S/C22H19F3N4O/c1-4-13-7-11(2)19-17(14(10-27-19)22(23,24)25)18(13)21(3,30)20-28-15-6-5-12(9-26)8-16(15)29-20/h5-8,10,27,30H,4H2,1-3H3,(H,28,29). The smallest absolute Gasteiger partial charge is 0.377 e. The van der Waals surface area contributed by atoms with E-state index >= 15 is 0 Å². The fourth-order valence-corrected chi connectivity index (χ4v) is 4.05. The van der Waals surface area contributed by atoms with Gasteiger partial charge in [0.15, 0.2) is 0 Å². The number of H-pyrrole nitrogens is 2. The third-order valence-corrected chi connectivity index (χ3v) is 5.48. The highest BCUT2D eigenvalue weighted by Crippen LogP contribution is 2.43. The van der Waals surface area contributed by atoms with E-state index in [-0.39, 0.29) is 16.8 Å². The van der Waals surface area contributed by atoms with Crippen LogP contribution in [0.25, 0.3) is 21.9 Å². The van der Waals surface area contributed by atoms with Gasteiger partial charge in [-0.1, -0.05) is 13.0 Å². The molecular weight excluding hydrogens is 393 g/mol. The number of fused-ring (bicyclic) bond motifs is 2. The van der Waals surface area contributed by atoms with Crippen molar-refractivity contribution in [1.82, 2.24) is 15.0 Å². The first-order valence-corrected chi connectivity index (χ1v) is 9.41. The summed E-state index contributed by atoms with van der Waals surface area (Å²) >= 11 is 0. The molecule has 0 aliphatic carbocycles. The Balaban J connectivity index is 2.05. The van der Waals surface area contributed by atoms with Gasteiger partial charge in [-0.3, -0.25) is 0 Å². The van der Waals surface area contributed by atoms with Crippen LogP contribution >= 0.6 is 0 Å². The third-order valence-electron chi connectivity index (χ3n) is 5.48. The largest absolute Gasteiger partial charge is 0.418 e. The van der Waals surface area contributed by atoms with Gasteiger partial charge in [-0.25, -0.2) is 4.98 Å². The molecule has 0 saturated carbocycles. The number of hydrogen-bond donors (Lipinski definition) is 3. The van der Waals surface area contributed by atoms with Crippen LogP contribution in [0.5, 0.6) is 0 Å². The molecule has 5 nitrogen and oxygen atoms in total. The molecule has 0 radical (unpaired) electrons. The van der Waals surface area contributed by atoms with Crippen LogP contribution in [-0.4, -0.2) is 20.1 Å². The van der Waals surface area contributed by atoms with E-state index in [0.29, 0.717) is 39.7 Å². The third kappa shape index (κ3) is 2.94. The highest BCUT2D eigenvalue weighted by molar-refractivity contribution is 5.92. The summed E-state index contributed by atoms with van der Waals surface area (Å²) in [5, 5.41) is 20.6. The van der Waals surface area contributed by atoms with Crippen molar-refractivity contribution >= 4 is 21.9 Å². The minimum atomic E-state index is -4.59. The lowest BCUT2D eigenvalue weighted by molar-refractivity contribution is -0.136. The van der Waals surface area contributed by atoms with Gasteiger partial charge in [-0.15, -0.1) is 0 Å². The number of aliphatic hydroxyl groups is 1. The molecule has 0 amide bonds. The maximum Gasteiger partial charge on any atom is 0.418 e. The van der Waals surface area contributed by atoms with Crippen LogP contribution in [0.2, 0.25) is 0 Å². The van der Waals surface area contributed by atoms with E-state index in [1.807, 2.05) is 13.0 Å². The van der Waals surface area contributed by atoms with Gasteiger partial charge in [-0.05, 0) is 49.6 Å².